The Bertz CT molecular complexity index is 514. The smallest absolute Gasteiger partial charge is 0.260 e. The Labute approximate surface area is 133 Å². The summed E-state index contributed by atoms with van der Waals surface area (Å²) in [5.74, 6) is 1.94. The topological polar surface area (TPSA) is 41.6 Å². The predicted molar refractivity (Wildman–Crippen MR) is 89.4 cm³/mol. The number of carbonyl (C=O) groups is 1. The first-order valence-electron chi connectivity index (χ1n) is 8.17. The number of ether oxygens (including phenoxy) is 1. The van der Waals surface area contributed by atoms with Gasteiger partial charge < -0.3 is 15.0 Å². The van der Waals surface area contributed by atoms with Gasteiger partial charge in [0.15, 0.2) is 6.61 Å². The van der Waals surface area contributed by atoms with E-state index in [4.69, 9.17) is 4.74 Å². The predicted octanol–water partition coefficient (Wildman–Crippen LogP) is 2.57. The Morgan fingerprint density at radius 2 is 2.23 bits per heavy atom. The summed E-state index contributed by atoms with van der Waals surface area (Å²) >= 11 is 0. The van der Waals surface area contributed by atoms with Crippen molar-refractivity contribution in [3.63, 3.8) is 0 Å². The summed E-state index contributed by atoms with van der Waals surface area (Å²) in [6.07, 6.45) is 1.08. The number of rotatable bonds is 6. The molecule has 0 spiro atoms. The van der Waals surface area contributed by atoms with Crippen molar-refractivity contribution in [3.8, 4) is 5.75 Å². The summed E-state index contributed by atoms with van der Waals surface area (Å²) in [5.41, 5.74) is 2.54. The van der Waals surface area contributed by atoms with E-state index in [1.807, 2.05) is 24.1 Å². The molecule has 4 heteroatoms. The molecule has 1 aliphatic heterocycles. The number of aryl methyl sites for hydroxylation is 1. The Morgan fingerprint density at radius 3 is 2.86 bits per heavy atom. The fourth-order valence-electron chi connectivity index (χ4n) is 3.14. The lowest BCUT2D eigenvalue weighted by atomic mass is 9.98. The van der Waals surface area contributed by atoms with Crippen molar-refractivity contribution in [2.75, 3.05) is 33.3 Å². The number of hydrogen-bond acceptors (Lipinski definition) is 3. The molecule has 0 aromatic heterocycles. The van der Waals surface area contributed by atoms with Gasteiger partial charge in [0.05, 0.1) is 0 Å². The summed E-state index contributed by atoms with van der Waals surface area (Å²) in [7, 11) is 1.96. The molecule has 22 heavy (non-hydrogen) atoms. The van der Waals surface area contributed by atoms with Crippen molar-refractivity contribution in [1.82, 2.24) is 10.2 Å². The standard InChI is InChI=1S/C18H28N2O2/c1-13(2)17-6-5-16(9-14(17)3)22-12-18(21)20-8-7-15(11-20)10-19-4/h5-6,9,13,15,19H,7-8,10-12H2,1-4H3/t15-/m1/s1. The number of benzene rings is 1. The third-order valence-electron chi connectivity index (χ3n) is 4.36. The van der Waals surface area contributed by atoms with Crippen LogP contribution in [0.3, 0.4) is 0 Å². The highest BCUT2D eigenvalue weighted by atomic mass is 16.5. The molecule has 1 aliphatic rings. The second-order valence-corrected chi connectivity index (χ2v) is 6.51. The Morgan fingerprint density at radius 1 is 1.45 bits per heavy atom. The molecule has 0 radical (unpaired) electrons. The SMILES string of the molecule is CNC[C@H]1CCN(C(=O)COc2ccc(C(C)C)c(C)c2)C1. The van der Waals surface area contributed by atoms with E-state index in [1.54, 1.807) is 0 Å². The van der Waals surface area contributed by atoms with Crippen LogP contribution in [-0.2, 0) is 4.79 Å². The van der Waals surface area contributed by atoms with Crippen molar-refractivity contribution in [2.24, 2.45) is 5.92 Å². The average molecular weight is 304 g/mol. The normalized spacial score (nSPS) is 18.0. The van der Waals surface area contributed by atoms with Gasteiger partial charge in [-0.15, -0.1) is 0 Å². The van der Waals surface area contributed by atoms with Gasteiger partial charge in [0.1, 0.15) is 5.75 Å². The van der Waals surface area contributed by atoms with Crippen molar-refractivity contribution in [3.05, 3.63) is 29.3 Å². The van der Waals surface area contributed by atoms with Crippen LogP contribution in [0.5, 0.6) is 5.75 Å². The highest BCUT2D eigenvalue weighted by Gasteiger charge is 2.25. The van der Waals surface area contributed by atoms with E-state index < -0.39 is 0 Å². The van der Waals surface area contributed by atoms with E-state index in [2.05, 4.69) is 32.2 Å². The summed E-state index contributed by atoms with van der Waals surface area (Å²) < 4.78 is 5.68. The molecule has 122 valence electrons. The zero-order valence-electron chi connectivity index (χ0n) is 14.2. The van der Waals surface area contributed by atoms with Crippen LogP contribution in [-0.4, -0.2) is 44.1 Å². The summed E-state index contributed by atoms with van der Waals surface area (Å²) in [4.78, 5) is 14.1. The van der Waals surface area contributed by atoms with E-state index >= 15 is 0 Å². The van der Waals surface area contributed by atoms with Crippen LogP contribution < -0.4 is 10.1 Å². The zero-order chi connectivity index (χ0) is 16.1. The van der Waals surface area contributed by atoms with Gasteiger partial charge in [0, 0.05) is 13.1 Å². The minimum atomic E-state index is 0.0872. The molecule has 1 saturated heterocycles. The maximum atomic E-state index is 12.2. The number of nitrogens with zero attached hydrogens (tertiary/aromatic N) is 1. The molecule has 2 rings (SSSR count). The van der Waals surface area contributed by atoms with Crippen LogP contribution in [0, 0.1) is 12.8 Å². The van der Waals surface area contributed by atoms with Gasteiger partial charge in [-0.3, -0.25) is 4.79 Å². The van der Waals surface area contributed by atoms with Gasteiger partial charge in [0.25, 0.3) is 5.91 Å². The van der Waals surface area contributed by atoms with Gasteiger partial charge in [-0.1, -0.05) is 19.9 Å². The maximum Gasteiger partial charge on any atom is 0.260 e. The second kappa shape index (κ2) is 7.63. The van der Waals surface area contributed by atoms with Crippen molar-refractivity contribution < 1.29 is 9.53 Å². The first-order valence-corrected chi connectivity index (χ1v) is 8.17. The Kier molecular flexibility index (Phi) is 5.83. The first kappa shape index (κ1) is 16.8. The molecule has 1 aromatic rings. The minimum Gasteiger partial charge on any atom is -0.484 e. The van der Waals surface area contributed by atoms with Crippen molar-refractivity contribution in [1.29, 1.82) is 0 Å². The fraction of sp³-hybridized carbons (Fsp3) is 0.611. The number of likely N-dealkylation sites (tertiary alicyclic amines) is 1. The second-order valence-electron chi connectivity index (χ2n) is 6.51. The molecule has 1 aromatic carbocycles. The maximum absolute atomic E-state index is 12.2. The molecular formula is C18H28N2O2. The number of amides is 1. The van der Waals surface area contributed by atoms with E-state index in [1.165, 1.54) is 11.1 Å². The van der Waals surface area contributed by atoms with Crippen LogP contribution in [0.2, 0.25) is 0 Å². The molecule has 0 bridgehead atoms. The molecular weight excluding hydrogens is 276 g/mol. The molecule has 0 unspecified atom stereocenters. The molecule has 1 fully saturated rings. The quantitative estimate of drug-likeness (QED) is 0.878. The molecule has 1 amide bonds. The first-order chi connectivity index (χ1) is 10.5. The van der Waals surface area contributed by atoms with E-state index in [9.17, 15) is 4.79 Å². The largest absolute Gasteiger partial charge is 0.484 e. The molecule has 1 atom stereocenters. The van der Waals surface area contributed by atoms with Crippen LogP contribution >= 0.6 is 0 Å². The highest BCUT2D eigenvalue weighted by Crippen LogP contribution is 2.23. The van der Waals surface area contributed by atoms with E-state index in [-0.39, 0.29) is 12.5 Å². The lowest BCUT2D eigenvalue weighted by molar-refractivity contribution is -0.132. The van der Waals surface area contributed by atoms with Crippen molar-refractivity contribution in [2.45, 2.75) is 33.1 Å². The number of nitrogens with one attached hydrogen (secondary N) is 1. The monoisotopic (exact) mass is 304 g/mol. The molecule has 0 saturated carbocycles. The fourth-order valence-corrected chi connectivity index (χ4v) is 3.14. The van der Waals surface area contributed by atoms with Crippen LogP contribution in [0.15, 0.2) is 18.2 Å². The van der Waals surface area contributed by atoms with Crippen LogP contribution in [0.1, 0.15) is 37.3 Å². The number of carbonyl (C=O) groups excluding carboxylic acids is 1. The number of hydrogen-bond donors (Lipinski definition) is 1. The lowest BCUT2D eigenvalue weighted by Crippen LogP contribution is -2.34. The minimum absolute atomic E-state index is 0.0872. The average Bonchev–Trinajstić information content (AvgIpc) is 2.93. The van der Waals surface area contributed by atoms with E-state index in [0.717, 1.165) is 31.8 Å². The van der Waals surface area contributed by atoms with Crippen LogP contribution in [0.4, 0.5) is 0 Å². The third kappa shape index (κ3) is 4.23. The molecule has 1 heterocycles. The Hall–Kier alpha value is -1.55. The summed E-state index contributed by atoms with van der Waals surface area (Å²) in [6, 6.07) is 6.08. The van der Waals surface area contributed by atoms with Gasteiger partial charge in [0.2, 0.25) is 0 Å². The van der Waals surface area contributed by atoms with Crippen molar-refractivity contribution >= 4 is 5.91 Å². The molecule has 1 N–H and O–H groups in total. The highest BCUT2D eigenvalue weighted by molar-refractivity contribution is 5.78. The van der Waals surface area contributed by atoms with E-state index in [0.29, 0.717) is 11.8 Å². The third-order valence-corrected chi connectivity index (χ3v) is 4.36. The lowest BCUT2D eigenvalue weighted by Gasteiger charge is -2.17. The van der Waals surface area contributed by atoms with Crippen LogP contribution in [0.25, 0.3) is 0 Å². The Balaban J connectivity index is 1.85. The summed E-state index contributed by atoms with van der Waals surface area (Å²) in [5, 5.41) is 3.18. The summed E-state index contributed by atoms with van der Waals surface area (Å²) in [6.45, 7) is 9.25. The van der Waals surface area contributed by atoms with Gasteiger partial charge in [-0.25, -0.2) is 0 Å². The van der Waals surface area contributed by atoms with Gasteiger partial charge in [-0.2, -0.15) is 0 Å². The zero-order valence-corrected chi connectivity index (χ0v) is 14.2. The van der Waals surface area contributed by atoms with Gasteiger partial charge >= 0.3 is 0 Å². The molecule has 4 nitrogen and oxygen atoms in total. The van der Waals surface area contributed by atoms with Gasteiger partial charge in [-0.05, 0) is 62.0 Å². The molecule has 0 aliphatic carbocycles.